The number of rotatable bonds is 0. The summed E-state index contributed by atoms with van der Waals surface area (Å²) < 4.78 is 37.5. The van der Waals surface area contributed by atoms with Crippen LogP contribution in [-0.4, -0.2) is 46.3 Å². The fraction of sp³-hybridized carbons (Fsp3) is 0.750. The van der Waals surface area contributed by atoms with E-state index in [1.54, 1.807) is 0 Å². The molecule has 2 N–H and O–H groups in total. The Kier molecular flexibility index (Phi) is 2.16. The van der Waals surface area contributed by atoms with Crippen LogP contribution in [0.15, 0.2) is 0 Å². The van der Waals surface area contributed by atoms with Crippen molar-refractivity contribution in [2.24, 2.45) is 0 Å². The van der Waals surface area contributed by atoms with Crippen LogP contribution < -0.4 is 5.32 Å². The second kappa shape index (κ2) is 3.09. The quantitative estimate of drug-likeness (QED) is 0.589. The normalized spacial score (nSPS) is 35.0. The number of fused-ring (bicyclic) bond motifs is 1. The van der Waals surface area contributed by atoms with Gasteiger partial charge in [-0.3, -0.25) is 9.59 Å². The Hall–Kier alpha value is -1.31. The summed E-state index contributed by atoms with van der Waals surface area (Å²) in [7, 11) is 0. The lowest BCUT2D eigenvalue weighted by molar-refractivity contribution is -0.270. The van der Waals surface area contributed by atoms with Crippen molar-refractivity contribution in [2.75, 3.05) is 6.54 Å². The molecule has 0 aromatic carbocycles. The second-order valence-corrected chi connectivity index (χ2v) is 3.85. The first-order chi connectivity index (χ1) is 7.27. The third-order valence-electron chi connectivity index (χ3n) is 2.84. The summed E-state index contributed by atoms with van der Waals surface area (Å²) in [5, 5.41) is 10.6. The molecule has 2 amide bonds. The second-order valence-electron chi connectivity index (χ2n) is 3.85. The molecule has 90 valence electrons. The van der Waals surface area contributed by atoms with E-state index in [0.717, 1.165) is 4.90 Å². The van der Waals surface area contributed by atoms with Gasteiger partial charge in [0.25, 0.3) is 5.91 Å². The van der Waals surface area contributed by atoms with E-state index >= 15 is 0 Å². The van der Waals surface area contributed by atoms with Crippen molar-refractivity contribution in [2.45, 2.75) is 30.8 Å². The third kappa shape index (κ3) is 1.29. The van der Waals surface area contributed by atoms with Crippen LogP contribution in [0, 0.1) is 0 Å². The predicted octanol–water partition coefficient (Wildman–Crippen LogP) is -0.642. The summed E-state index contributed by atoms with van der Waals surface area (Å²) in [6.07, 6.45) is -4.43. The molecule has 16 heavy (non-hydrogen) atoms. The molecular weight excluding hydrogens is 229 g/mol. The first-order valence-corrected chi connectivity index (χ1v) is 4.69. The predicted molar refractivity (Wildman–Crippen MR) is 43.9 cm³/mol. The number of halogens is 3. The summed E-state index contributed by atoms with van der Waals surface area (Å²) in [6.45, 7) is 0.0648. The average molecular weight is 238 g/mol. The number of amides is 2. The summed E-state index contributed by atoms with van der Waals surface area (Å²) in [4.78, 5) is 23.6. The number of carbonyl (C=O) groups is 2. The molecule has 5 nitrogen and oxygen atoms in total. The zero-order valence-electron chi connectivity index (χ0n) is 8.04. The zero-order valence-corrected chi connectivity index (χ0v) is 8.04. The molecule has 2 fully saturated rings. The van der Waals surface area contributed by atoms with Crippen molar-refractivity contribution in [3.63, 3.8) is 0 Å². The van der Waals surface area contributed by atoms with Gasteiger partial charge >= 0.3 is 11.9 Å². The maximum Gasteiger partial charge on any atom is 0.446 e. The Morgan fingerprint density at radius 2 is 2.06 bits per heavy atom. The molecule has 0 spiro atoms. The number of hydrogen-bond donors (Lipinski definition) is 2. The fourth-order valence-corrected chi connectivity index (χ4v) is 2.00. The van der Waals surface area contributed by atoms with Crippen molar-refractivity contribution in [1.82, 2.24) is 10.2 Å². The maximum absolute atomic E-state index is 12.5. The highest BCUT2D eigenvalue weighted by Crippen LogP contribution is 2.35. The third-order valence-corrected chi connectivity index (χ3v) is 2.84. The van der Waals surface area contributed by atoms with E-state index < -0.39 is 29.8 Å². The number of alkyl halides is 3. The molecule has 0 radical (unpaired) electrons. The van der Waals surface area contributed by atoms with Crippen LogP contribution in [0.25, 0.3) is 0 Å². The van der Waals surface area contributed by atoms with Crippen molar-refractivity contribution in [3.05, 3.63) is 0 Å². The van der Waals surface area contributed by atoms with Gasteiger partial charge in [0.05, 0.1) is 0 Å². The molecule has 0 saturated carbocycles. The molecule has 0 unspecified atom stereocenters. The van der Waals surface area contributed by atoms with E-state index in [0.29, 0.717) is 12.8 Å². The van der Waals surface area contributed by atoms with Crippen LogP contribution in [0.4, 0.5) is 13.2 Å². The first-order valence-electron chi connectivity index (χ1n) is 4.69. The van der Waals surface area contributed by atoms with Crippen molar-refractivity contribution in [1.29, 1.82) is 0 Å². The topological polar surface area (TPSA) is 69.6 Å². The molecule has 2 aliphatic heterocycles. The van der Waals surface area contributed by atoms with E-state index in [9.17, 15) is 27.9 Å². The van der Waals surface area contributed by atoms with Crippen LogP contribution in [0.5, 0.6) is 0 Å². The number of piperazine rings is 1. The molecule has 0 aromatic rings. The van der Waals surface area contributed by atoms with Gasteiger partial charge in [-0.25, -0.2) is 0 Å². The van der Waals surface area contributed by atoms with Crippen LogP contribution in [0.2, 0.25) is 0 Å². The molecular formula is C8H9F3N2O3. The number of nitrogens with one attached hydrogen (secondary N) is 1. The number of carbonyl (C=O) groups excluding carboxylic acids is 2. The summed E-state index contributed by atoms with van der Waals surface area (Å²) in [5.41, 5.74) is -3.77. The standard InChI is InChI=1S/C8H9F3N2O3/c9-8(10,11)7(16)6(15)13-3-1-2-4(13)5(14)12-7/h4,16H,1-3H2,(H,12,14)/t4-,7+/m0/s1. The summed E-state index contributed by atoms with van der Waals surface area (Å²) in [6, 6.07) is -0.880. The average Bonchev–Trinajstić information content (AvgIpc) is 2.61. The van der Waals surface area contributed by atoms with Gasteiger partial charge in [0.15, 0.2) is 0 Å². The first kappa shape index (κ1) is 11.2. The number of hydrogen-bond acceptors (Lipinski definition) is 3. The molecule has 2 atom stereocenters. The van der Waals surface area contributed by atoms with Gasteiger partial charge < -0.3 is 15.3 Å². The number of aliphatic hydroxyl groups is 1. The van der Waals surface area contributed by atoms with Crippen molar-refractivity contribution in [3.8, 4) is 0 Å². The van der Waals surface area contributed by atoms with Gasteiger partial charge in [-0.1, -0.05) is 0 Å². The Morgan fingerprint density at radius 3 is 2.62 bits per heavy atom. The van der Waals surface area contributed by atoms with E-state index in [4.69, 9.17) is 0 Å². The lowest BCUT2D eigenvalue weighted by Gasteiger charge is -2.40. The monoisotopic (exact) mass is 238 g/mol. The Balaban J connectivity index is 2.37. The van der Waals surface area contributed by atoms with E-state index in [1.807, 2.05) is 0 Å². The molecule has 2 aliphatic rings. The van der Waals surface area contributed by atoms with Gasteiger partial charge in [0.1, 0.15) is 6.04 Å². The van der Waals surface area contributed by atoms with Gasteiger partial charge in [0, 0.05) is 6.54 Å². The molecule has 8 heteroatoms. The SMILES string of the molecule is O=C1N[C@](O)(C(F)(F)F)C(=O)N2CCC[C@@H]12. The van der Waals surface area contributed by atoms with Crippen LogP contribution >= 0.6 is 0 Å². The molecule has 2 heterocycles. The highest BCUT2D eigenvalue weighted by atomic mass is 19.4. The minimum Gasteiger partial charge on any atom is -0.356 e. The minimum atomic E-state index is -5.21. The molecule has 2 saturated heterocycles. The van der Waals surface area contributed by atoms with Gasteiger partial charge in [-0.2, -0.15) is 13.2 Å². The Morgan fingerprint density at radius 1 is 1.44 bits per heavy atom. The lowest BCUT2D eigenvalue weighted by Crippen LogP contribution is -2.74. The molecule has 0 aromatic heterocycles. The Labute approximate surface area is 88.2 Å². The van der Waals surface area contributed by atoms with Crippen LogP contribution in [0.3, 0.4) is 0 Å². The van der Waals surface area contributed by atoms with Gasteiger partial charge in [-0.05, 0) is 12.8 Å². The Bertz CT molecular complexity index is 357. The highest BCUT2D eigenvalue weighted by molar-refractivity contribution is 5.99. The molecule has 2 rings (SSSR count). The van der Waals surface area contributed by atoms with Crippen LogP contribution in [-0.2, 0) is 9.59 Å². The molecule has 0 bridgehead atoms. The zero-order chi connectivity index (χ0) is 12.1. The van der Waals surface area contributed by atoms with E-state index in [1.165, 1.54) is 5.32 Å². The van der Waals surface area contributed by atoms with Crippen molar-refractivity contribution < 1.29 is 27.9 Å². The highest BCUT2D eigenvalue weighted by Gasteiger charge is 2.66. The minimum absolute atomic E-state index is 0.0648. The lowest BCUT2D eigenvalue weighted by atomic mass is 10.0. The van der Waals surface area contributed by atoms with Gasteiger partial charge in [-0.15, -0.1) is 0 Å². The van der Waals surface area contributed by atoms with Gasteiger partial charge in [0.2, 0.25) is 5.91 Å². The summed E-state index contributed by atoms with van der Waals surface area (Å²) >= 11 is 0. The van der Waals surface area contributed by atoms with E-state index in [-0.39, 0.29) is 6.54 Å². The summed E-state index contributed by atoms with van der Waals surface area (Å²) in [5.74, 6) is -2.46. The van der Waals surface area contributed by atoms with E-state index in [2.05, 4.69) is 0 Å². The largest absolute Gasteiger partial charge is 0.446 e. The van der Waals surface area contributed by atoms with Crippen LogP contribution in [0.1, 0.15) is 12.8 Å². The smallest absolute Gasteiger partial charge is 0.356 e. The maximum atomic E-state index is 12.5. The number of nitrogens with zero attached hydrogens (tertiary/aromatic N) is 1. The van der Waals surface area contributed by atoms with Crippen molar-refractivity contribution >= 4 is 11.8 Å². The fourth-order valence-electron chi connectivity index (χ4n) is 2.00. The molecule has 0 aliphatic carbocycles.